The highest BCUT2D eigenvalue weighted by atomic mass is 19.1. The van der Waals surface area contributed by atoms with Crippen molar-refractivity contribution in [3.05, 3.63) is 29.8 Å². The molecule has 1 aliphatic carbocycles. The molecule has 0 radical (unpaired) electrons. The van der Waals surface area contributed by atoms with Gasteiger partial charge in [0.2, 0.25) is 5.95 Å². The minimum Gasteiger partial charge on any atom is -0.351 e. The van der Waals surface area contributed by atoms with Crippen LogP contribution in [0.1, 0.15) is 56.3 Å². The van der Waals surface area contributed by atoms with Gasteiger partial charge in [-0.05, 0) is 42.7 Å². The number of pyridine rings is 1. The van der Waals surface area contributed by atoms with Gasteiger partial charge in [-0.3, -0.25) is 4.79 Å². The fourth-order valence-corrected chi connectivity index (χ4v) is 3.32. The van der Waals surface area contributed by atoms with Crippen molar-refractivity contribution in [2.24, 2.45) is 11.3 Å². The number of carbonyl (C=O) groups is 1. The van der Waals surface area contributed by atoms with E-state index in [1.54, 1.807) is 0 Å². The molecule has 1 N–H and O–H groups in total. The first kappa shape index (κ1) is 14.9. The van der Waals surface area contributed by atoms with Gasteiger partial charge in [-0.15, -0.1) is 0 Å². The zero-order chi connectivity index (χ0) is 14.6. The monoisotopic (exact) mass is 278 g/mol. The highest BCUT2D eigenvalue weighted by Crippen LogP contribution is 2.42. The van der Waals surface area contributed by atoms with E-state index in [2.05, 4.69) is 24.1 Å². The van der Waals surface area contributed by atoms with E-state index in [9.17, 15) is 9.18 Å². The molecule has 1 aliphatic rings. The summed E-state index contributed by atoms with van der Waals surface area (Å²) in [6.45, 7) is 5.17. The first-order valence-electron chi connectivity index (χ1n) is 7.40. The van der Waals surface area contributed by atoms with Crippen molar-refractivity contribution in [3.8, 4) is 0 Å². The van der Waals surface area contributed by atoms with Crippen LogP contribution >= 0.6 is 0 Å². The van der Waals surface area contributed by atoms with Crippen molar-refractivity contribution in [3.63, 3.8) is 0 Å². The van der Waals surface area contributed by atoms with Gasteiger partial charge in [-0.25, -0.2) is 4.98 Å². The van der Waals surface area contributed by atoms with Crippen LogP contribution in [0.2, 0.25) is 0 Å². The van der Waals surface area contributed by atoms with E-state index in [-0.39, 0.29) is 11.3 Å². The molecule has 0 spiro atoms. The normalized spacial score (nSPS) is 17.4. The number of halogens is 1. The molecule has 1 saturated carbocycles. The van der Waals surface area contributed by atoms with E-state index >= 15 is 0 Å². The van der Waals surface area contributed by atoms with Gasteiger partial charge in [-0.2, -0.15) is 4.39 Å². The van der Waals surface area contributed by atoms with Crippen LogP contribution in [0.25, 0.3) is 0 Å². The van der Waals surface area contributed by atoms with E-state index < -0.39 is 5.95 Å². The third kappa shape index (κ3) is 3.78. The lowest BCUT2D eigenvalue weighted by molar-refractivity contribution is 0.0921. The van der Waals surface area contributed by atoms with Gasteiger partial charge in [-0.1, -0.05) is 26.7 Å². The number of aromatic nitrogens is 1. The van der Waals surface area contributed by atoms with Gasteiger partial charge in [0.15, 0.2) is 0 Å². The van der Waals surface area contributed by atoms with Crippen LogP contribution in [0, 0.1) is 17.3 Å². The maximum absolute atomic E-state index is 12.7. The van der Waals surface area contributed by atoms with E-state index in [0.717, 1.165) is 6.42 Å². The second-order valence-electron chi connectivity index (χ2n) is 6.36. The Hall–Kier alpha value is -1.45. The summed E-state index contributed by atoms with van der Waals surface area (Å²) in [7, 11) is 0. The van der Waals surface area contributed by atoms with Gasteiger partial charge in [0, 0.05) is 12.7 Å². The molecule has 2 rings (SSSR count). The number of rotatable bonds is 5. The maximum Gasteiger partial charge on any atom is 0.252 e. The first-order chi connectivity index (χ1) is 9.51. The van der Waals surface area contributed by atoms with Crippen LogP contribution in [0.3, 0.4) is 0 Å². The molecule has 1 amide bonds. The van der Waals surface area contributed by atoms with Crippen molar-refractivity contribution in [2.45, 2.75) is 46.0 Å². The Kier molecular flexibility index (Phi) is 4.73. The molecule has 4 heteroatoms. The Balaban J connectivity index is 1.95. The molecule has 3 nitrogen and oxygen atoms in total. The second kappa shape index (κ2) is 6.33. The standard InChI is InChI=1S/C16H23FN2O/c1-12(2)9-16(7-3-4-8-16)11-19-15(20)13-5-6-14(17)18-10-13/h5-6,10,12H,3-4,7-9,11H2,1-2H3,(H,19,20). The van der Waals surface area contributed by atoms with Crippen molar-refractivity contribution in [1.29, 1.82) is 0 Å². The number of amides is 1. The lowest BCUT2D eigenvalue weighted by Gasteiger charge is -2.31. The van der Waals surface area contributed by atoms with Crippen LogP contribution in [0.4, 0.5) is 4.39 Å². The van der Waals surface area contributed by atoms with Crippen molar-refractivity contribution < 1.29 is 9.18 Å². The quantitative estimate of drug-likeness (QED) is 0.837. The Bertz CT molecular complexity index is 450. The SMILES string of the molecule is CC(C)CC1(CNC(=O)c2ccc(F)nc2)CCCC1. The minimum absolute atomic E-state index is 0.160. The third-order valence-corrected chi connectivity index (χ3v) is 4.12. The van der Waals surface area contributed by atoms with Crippen LogP contribution in [-0.2, 0) is 0 Å². The average Bonchev–Trinajstić information content (AvgIpc) is 2.85. The fraction of sp³-hybridized carbons (Fsp3) is 0.625. The number of hydrogen-bond donors (Lipinski definition) is 1. The Morgan fingerprint density at radius 3 is 2.65 bits per heavy atom. The molecule has 0 aromatic carbocycles. The highest BCUT2D eigenvalue weighted by molar-refractivity contribution is 5.93. The van der Waals surface area contributed by atoms with Crippen LogP contribution < -0.4 is 5.32 Å². The Morgan fingerprint density at radius 1 is 1.40 bits per heavy atom. The summed E-state index contributed by atoms with van der Waals surface area (Å²) in [6, 6.07) is 2.69. The number of nitrogens with one attached hydrogen (secondary N) is 1. The topological polar surface area (TPSA) is 42.0 Å². The van der Waals surface area contributed by atoms with Crippen LogP contribution in [-0.4, -0.2) is 17.4 Å². The van der Waals surface area contributed by atoms with Gasteiger partial charge in [0.05, 0.1) is 5.56 Å². The van der Waals surface area contributed by atoms with E-state index in [1.807, 2.05) is 0 Å². The largest absolute Gasteiger partial charge is 0.351 e. The van der Waals surface area contributed by atoms with E-state index in [4.69, 9.17) is 0 Å². The van der Waals surface area contributed by atoms with Crippen LogP contribution in [0.5, 0.6) is 0 Å². The molecular formula is C16H23FN2O. The second-order valence-corrected chi connectivity index (χ2v) is 6.36. The van der Waals surface area contributed by atoms with E-state index in [0.29, 0.717) is 18.0 Å². The summed E-state index contributed by atoms with van der Waals surface area (Å²) < 4.78 is 12.7. The summed E-state index contributed by atoms with van der Waals surface area (Å²) in [5.41, 5.74) is 0.668. The molecule has 0 saturated heterocycles. The molecule has 0 aliphatic heterocycles. The van der Waals surface area contributed by atoms with Crippen LogP contribution in [0.15, 0.2) is 18.3 Å². The van der Waals surface area contributed by atoms with Crippen molar-refractivity contribution in [2.75, 3.05) is 6.54 Å². The maximum atomic E-state index is 12.7. The van der Waals surface area contributed by atoms with E-state index in [1.165, 1.54) is 44.0 Å². The minimum atomic E-state index is -0.561. The fourth-order valence-electron chi connectivity index (χ4n) is 3.32. The Morgan fingerprint density at radius 2 is 2.10 bits per heavy atom. The third-order valence-electron chi connectivity index (χ3n) is 4.12. The van der Waals surface area contributed by atoms with Crippen molar-refractivity contribution >= 4 is 5.91 Å². The number of hydrogen-bond acceptors (Lipinski definition) is 2. The predicted octanol–water partition coefficient (Wildman–Crippen LogP) is 3.56. The summed E-state index contributed by atoms with van der Waals surface area (Å²) >= 11 is 0. The van der Waals surface area contributed by atoms with Gasteiger partial charge >= 0.3 is 0 Å². The van der Waals surface area contributed by atoms with Gasteiger partial charge in [0.25, 0.3) is 5.91 Å². The average molecular weight is 278 g/mol. The molecule has 0 unspecified atom stereocenters. The molecule has 0 bridgehead atoms. The highest BCUT2D eigenvalue weighted by Gasteiger charge is 2.34. The summed E-state index contributed by atoms with van der Waals surface area (Å²) in [5.74, 6) is -0.0846. The molecule has 1 fully saturated rings. The summed E-state index contributed by atoms with van der Waals surface area (Å²) in [5, 5.41) is 3.01. The zero-order valence-electron chi connectivity index (χ0n) is 12.3. The number of nitrogens with zero attached hydrogens (tertiary/aromatic N) is 1. The van der Waals surface area contributed by atoms with Gasteiger partial charge < -0.3 is 5.32 Å². The zero-order valence-corrected chi connectivity index (χ0v) is 12.3. The Labute approximate surface area is 120 Å². The molecule has 0 atom stereocenters. The molecular weight excluding hydrogens is 255 g/mol. The lowest BCUT2D eigenvalue weighted by atomic mass is 9.78. The molecule has 1 heterocycles. The molecule has 1 aromatic heterocycles. The predicted molar refractivity (Wildman–Crippen MR) is 76.9 cm³/mol. The molecule has 110 valence electrons. The smallest absolute Gasteiger partial charge is 0.252 e. The summed E-state index contributed by atoms with van der Waals surface area (Å²) in [6.07, 6.45) is 7.31. The van der Waals surface area contributed by atoms with Gasteiger partial charge in [0.1, 0.15) is 0 Å². The first-order valence-corrected chi connectivity index (χ1v) is 7.40. The van der Waals surface area contributed by atoms with Crippen molar-refractivity contribution in [1.82, 2.24) is 10.3 Å². The lowest BCUT2D eigenvalue weighted by Crippen LogP contribution is -2.36. The number of carbonyl (C=O) groups excluding carboxylic acids is 1. The summed E-state index contributed by atoms with van der Waals surface area (Å²) in [4.78, 5) is 15.6. The molecule has 1 aromatic rings. The molecule has 20 heavy (non-hydrogen) atoms.